The minimum Gasteiger partial charge on any atom is -0.305 e. The quantitative estimate of drug-likeness (QED) is 0.118. The molecule has 5 heteroatoms. The molecular weight excluding hydrogens is 809 g/mol. The Labute approximate surface area is 311 Å². The molecule has 0 amide bonds. The summed E-state index contributed by atoms with van der Waals surface area (Å²) in [5.41, 5.74) is 9.55. The molecule has 0 aliphatic rings. The maximum absolute atomic E-state index is 4.69. The minimum absolute atomic E-state index is 0. The van der Waals surface area contributed by atoms with E-state index in [-0.39, 0.29) is 20.1 Å². The van der Waals surface area contributed by atoms with Gasteiger partial charge >= 0.3 is 0 Å². The minimum atomic E-state index is -1.34. The van der Waals surface area contributed by atoms with E-state index in [1.54, 1.807) is 0 Å². The first-order valence-electron chi connectivity index (χ1n) is 16.9. The summed E-state index contributed by atoms with van der Waals surface area (Å²) in [6.07, 6.45) is 5.15. The normalized spacial score (nSPS) is 11.4. The molecule has 0 unspecified atom stereocenters. The Bertz CT molecular complexity index is 2150. The monoisotopic (exact) mass is 853 g/mol. The van der Waals surface area contributed by atoms with Crippen LogP contribution in [-0.2, 0) is 26.5 Å². The van der Waals surface area contributed by atoms with Crippen molar-refractivity contribution in [2.75, 3.05) is 0 Å². The smallest absolute Gasteiger partial charge is 0.0798 e. The molecule has 0 N–H and O–H groups in total. The van der Waals surface area contributed by atoms with Crippen LogP contribution in [0.3, 0.4) is 0 Å². The van der Waals surface area contributed by atoms with Gasteiger partial charge in [0.15, 0.2) is 0 Å². The van der Waals surface area contributed by atoms with Gasteiger partial charge in [0.2, 0.25) is 0 Å². The summed E-state index contributed by atoms with van der Waals surface area (Å²) < 4.78 is 2.58. The van der Waals surface area contributed by atoms with E-state index in [0.29, 0.717) is 11.8 Å². The van der Waals surface area contributed by atoms with E-state index in [2.05, 4.69) is 154 Å². The molecule has 4 aromatic carbocycles. The van der Waals surface area contributed by atoms with Gasteiger partial charge in [-0.15, -0.1) is 59.7 Å². The summed E-state index contributed by atoms with van der Waals surface area (Å²) in [6, 6.07) is 42.8. The van der Waals surface area contributed by atoms with E-state index in [0.717, 1.165) is 28.9 Å². The van der Waals surface area contributed by atoms with E-state index in [4.69, 9.17) is 0 Å². The second-order valence-corrected chi connectivity index (χ2v) is 20.3. The van der Waals surface area contributed by atoms with Gasteiger partial charge in [-0.05, 0) is 62.1 Å². The topological polar surface area (TPSA) is 25.8 Å². The number of pyridine rings is 2. The van der Waals surface area contributed by atoms with Crippen molar-refractivity contribution in [2.24, 2.45) is 5.92 Å². The number of aromatic nitrogens is 2. The largest absolute Gasteiger partial charge is 0.305 e. The number of nitrogens with zero attached hydrogens (tertiary/aromatic N) is 2. The van der Waals surface area contributed by atoms with Crippen LogP contribution in [0, 0.1) is 18.1 Å². The van der Waals surface area contributed by atoms with Crippen LogP contribution in [0.1, 0.15) is 44.7 Å². The fraction of sp³-hybridized carbons (Fsp3) is 0.227. The van der Waals surface area contributed by atoms with Crippen molar-refractivity contribution in [3.05, 3.63) is 139 Å². The summed E-state index contributed by atoms with van der Waals surface area (Å²) in [4.78, 5) is 9.36. The molecule has 7 aromatic rings. The number of rotatable bonds is 7. The Hall–Kier alpha value is -3.73. The first-order chi connectivity index (χ1) is 23.1. The van der Waals surface area contributed by atoms with Crippen molar-refractivity contribution in [3.8, 4) is 33.6 Å². The molecule has 7 rings (SSSR count). The Morgan fingerprint density at radius 1 is 0.714 bits per heavy atom. The Morgan fingerprint density at radius 2 is 1.47 bits per heavy atom. The van der Waals surface area contributed by atoms with Crippen molar-refractivity contribution in [3.63, 3.8) is 0 Å². The van der Waals surface area contributed by atoms with Gasteiger partial charge in [0, 0.05) is 37.2 Å². The third kappa shape index (κ3) is 8.36. The zero-order valence-electron chi connectivity index (χ0n) is 29.5. The van der Waals surface area contributed by atoms with Crippen LogP contribution in [0.4, 0.5) is 0 Å². The molecular formula is C44H44IrN2SSi-2. The zero-order chi connectivity index (χ0) is 33.8. The Morgan fingerprint density at radius 3 is 2.16 bits per heavy atom. The summed E-state index contributed by atoms with van der Waals surface area (Å²) in [7, 11) is -1.34. The second kappa shape index (κ2) is 15.9. The SMILES string of the molecule is CC(C)Cc1cc(-c2[c-]cccc2)ncc1[Si](C)(C)C.CC(C)c1ccnc(-c2[c-]ccc3c2sc2c(-c4ccccc4)cccc23)c1.[Ir]. The summed E-state index contributed by atoms with van der Waals surface area (Å²) in [5.74, 6) is 1.15. The van der Waals surface area contributed by atoms with Crippen molar-refractivity contribution < 1.29 is 20.1 Å². The van der Waals surface area contributed by atoms with Crippen molar-refractivity contribution in [1.29, 1.82) is 0 Å². The van der Waals surface area contributed by atoms with Gasteiger partial charge in [-0.1, -0.05) is 125 Å². The van der Waals surface area contributed by atoms with Gasteiger partial charge in [0.05, 0.1) is 8.07 Å². The number of benzene rings is 4. The summed E-state index contributed by atoms with van der Waals surface area (Å²) in [5, 5.41) is 4.07. The molecule has 0 aliphatic heterocycles. The average molecular weight is 853 g/mol. The van der Waals surface area contributed by atoms with Gasteiger partial charge in [0.1, 0.15) is 0 Å². The van der Waals surface area contributed by atoms with Crippen molar-refractivity contribution >= 4 is 44.8 Å². The van der Waals surface area contributed by atoms with E-state index >= 15 is 0 Å². The van der Waals surface area contributed by atoms with Gasteiger partial charge in [-0.2, -0.15) is 11.3 Å². The van der Waals surface area contributed by atoms with Crippen molar-refractivity contribution in [1.82, 2.24) is 9.97 Å². The maximum atomic E-state index is 4.69. The molecule has 0 saturated heterocycles. The molecule has 1 radical (unpaired) electrons. The average Bonchev–Trinajstić information content (AvgIpc) is 3.48. The standard InChI is InChI=1S/C26H20NS.C18H24NSi.Ir/c1-17(2)19-14-15-27-24(16-19)23-13-7-12-22-21-11-6-10-20(25(21)28-26(22)23)18-8-4-3-5-9-18;1-14(2)11-16-12-17(15-9-7-6-8-10-15)19-13-18(16)20(3,4)5;/h3-12,14-17H,1-2H3;6-9,12-14H,11H2,1-5H3;/q2*-1;. The van der Waals surface area contributed by atoms with Crippen molar-refractivity contribution in [2.45, 2.75) is 59.7 Å². The van der Waals surface area contributed by atoms with E-state index in [9.17, 15) is 0 Å². The molecule has 3 heterocycles. The molecule has 0 aliphatic carbocycles. The molecule has 0 spiro atoms. The first-order valence-corrected chi connectivity index (χ1v) is 21.3. The third-order valence-electron chi connectivity index (χ3n) is 8.66. The fourth-order valence-electron chi connectivity index (χ4n) is 6.22. The molecule has 0 atom stereocenters. The van der Waals surface area contributed by atoms with E-state index < -0.39 is 8.07 Å². The fourth-order valence-corrected chi connectivity index (χ4v) is 9.15. The zero-order valence-corrected chi connectivity index (χ0v) is 33.7. The molecule has 0 saturated carbocycles. The van der Waals surface area contributed by atoms with E-state index in [1.807, 2.05) is 41.8 Å². The van der Waals surface area contributed by atoms with Crippen LogP contribution >= 0.6 is 11.3 Å². The molecule has 251 valence electrons. The number of hydrogen-bond acceptors (Lipinski definition) is 3. The van der Waals surface area contributed by atoms with Crippen LogP contribution in [0.5, 0.6) is 0 Å². The number of hydrogen-bond donors (Lipinski definition) is 0. The predicted octanol–water partition coefficient (Wildman–Crippen LogP) is 12.0. The predicted molar refractivity (Wildman–Crippen MR) is 211 cm³/mol. The number of fused-ring (bicyclic) bond motifs is 3. The molecule has 0 bridgehead atoms. The Kier molecular flexibility index (Phi) is 11.8. The molecule has 0 fully saturated rings. The molecule has 49 heavy (non-hydrogen) atoms. The summed E-state index contributed by atoms with van der Waals surface area (Å²) >= 11 is 1.85. The van der Waals surface area contributed by atoms with Crippen LogP contribution in [0.25, 0.3) is 53.8 Å². The maximum Gasteiger partial charge on any atom is 0.0798 e. The first kappa shape index (κ1) is 36.5. The van der Waals surface area contributed by atoms with Gasteiger partial charge in [0.25, 0.3) is 0 Å². The van der Waals surface area contributed by atoms with Crippen LogP contribution in [0.15, 0.2) is 116 Å². The van der Waals surface area contributed by atoms with Crippen LogP contribution in [-0.4, -0.2) is 18.0 Å². The summed E-state index contributed by atoms with van der Waals surface area (Å²) in [6.45, 7) is 16.2. The van der Waals surface area contributed by atoms with Gasteiger partial charge in [-0.25, -0.2) is 0 Å². The third-order valence-corrected chi connectivity index (χ3v) is 12.0. The second-order valence-electron chi connectivity index (χ2n) is 14.2. The Balaban J connectivity index is 0.000000199. The number of thiophene rings is 1. The van der Waals surface area contributed by atoms with Crippen LogP contribution in [0.2, 0.25) is 19.6 Å². The van der Waals surface area contributed by atoms with Crippen LogP contribution < -0.4 is 5.19 Å². The van der Waals surface area contributed by atoms with Gasteiger partial charge < -0.3 is 9.97 Å². The molecule has 2 nitrogen and oxygen atoms in total. The molecule has 3 aromatic heterocycles. The van der Waals surface area contributed by atoms with Gasteiger partial charge in [-0.3, -0.25) is 0 Å². The van der Waals surface area contributed by atoms with E-state index in [1.165, 1.54) is 47.6 Å².